The molecule has 3 heteroatoms. The molecule has 112 valence electrons. The lowest BCUT2D eigenvalue weighted by atomic mass is 10.1. The molecule has 3 rings (SSSR count). The highest BCUT2D eigenvalue weighted by Crippen LogP contribution is 2.21. The summed E-state index contributed by atoms with van der Waals surface area (Å²) in [5.41, 5.74) is 1.98. The molecule has 0 aliphatic rings. The Morgan fingerprint density at radius 3 is 2.27 bits per heavy atom. The van der Waals surface area contributed by atoms with Crippen LogP contribution in [0.15, 0.2) is 77.2 Å². The molecule has 0 saturated heterocycles. The fraction of sp³-hybridized carbons (Fsp3) is 0.158. The van der Waals surface area contributed by atoms with E-state index in [1.165, 1.54) is 0 Å². The minimum absolute atomic E-state index is 0.491. The first kappa shape index (κ1) is 14.6. The number of nitrogens with one attached hydrogen (secondary N) is 1. The van der Waals surface area contributed by atoms with Gasteiger partial charge in [0.1, 0.15) is 11.5 Å². The van der Waals surface area contributed by atoms with Crippen LogP contribution < -0.4 is 5.32 Å². The van der Waals surface area contributed by atoms with Crippen LogP contribution in [0.2, 0.25) is 0 Å². The van der Waals surface area contributed by atoms with E-state index in [1.54, 1.807) is 0 Å². The van der Waals surface area contributed by atoms with Gasteiger partial charge in [0, 0.05) is 12.1 Å². The maximum Gasteiger partial charge on any atom is 0.134 e. The van der Waals surface area contributed by atoms with Gasteiger partial charge in [-0.3, -0.25) is 0 Å². The number of rotatable bonds is 6. The Labute approximate surface area is 130 Å². The fourth-order valence-corrected chi connectivity index (χ4v) is 2.36. The molecule has 1 aromatic heterocycles. The van der Waals surface area contributed by atoms with Crippen LogP contribution >= 0.6 is 0 Å². The second-order valence-corrected chi connectivity index (χ2v) is 5.19. The second kappa shape index (κ2) is 7.07. The van der Waals surface area contributed by atoms with Crippen LogP contribution in [-0.2, 0) is 6.54 Å². The lowest BCUT2D eigenvalue weighted by molar-refractivity contribution is 0.173. The molecule has 0 spiro atoms. The van der Waals surface area contributed by atoms with E-state index in [1.807, 2.05) is 72.8 Å². The van der Waals surface area contributed by atoms with E-state index < -0.39 is 6.10 Å². The van der Waals surface area contributed by atoms with Gasteiger partial charge in [0.25, 0.3) is 0 Å². The number of hydrogen-bond donors (Lipinski definition) is 2. The summed E-state index contributed by atoms with van der Waals surface area (Å²) in [6.07, 6.45) is -0.509. The maximum absolute atomic E-state index is 10.1. The van der Waals surface area contributed by atoms with Gasteiger partial charge < -0.3 is 14.8 Å². The van der Waals surface area contributed by atoms with Crippen LogP contribution in [0, 0.1) is 0 Å². The van der Waals surface area contributed by atoms with Crippen molar-refractivity contribution < 1.29 is 9.52 Å². The third-order valence-electron chi connectivity index (χ3n) is 3.54. The van der Waals surface area contributed by atoms with Crippen molar-refractivity contribution in [3.63, 3.8) is 0 Å². The summed E-state index contributed by atoms with van der Waals surface area (Å²) in [6.45, 7) is 1.09. The molecule has 1 unspecified atom stereocenters. The Hall–Kier alpha value is -2.36. The molecule has 0 saturated carbocycles. The lowest BCUT2D eigenvalue weighted by Gasteiger charge is -2.11. The van der Waals surface area contributed by atoms with Crippen LogP contribution in [-0.4, -0.2) is 11.7 Å². The smallest absolute Gasteiger partial charge is 0.134 e. The largest absolute Gasteiger partial charge is 0.460 e. The zero-order chi connectivity index (χ0) is 15.2. The molecule has 2 N–H and O–H groups in total. The van der Waals surface area contributed by atoms with Crippen LogP contribution in [0.4, 0.5) is 0 Å². The fourth-order valence-electron chi connectivity index (χ4n) is 2.36. The first-order valence-electron chi connectivity index (χ1n) is 7.41. The molecule has 0 bridgehead atoms. The Morgan fingerprint density at radius 1 is 0.864 bits per heavy atom. The van der Waals surface area contributed by atoms with Crippen molar-refractivity contribution in [2.24, 2.45) is 0 Å². The first-order valence-corrected chi connectivity index (χ1v) is 7.41. The molecular weight excluding hydrogens is 274 g/mol. The summed E-state index contributed by atoms with van der Waals surface area (Å²) in [5, 5.41) is 13.3. The number of aliphatic hydroxyl groups excluding tert-OH is 1. The van der Waals surface area contributed by atoms with Gasteiger partial charge in [-0.25, -0.2) is 0 Å². The summed E-state index contributed by atoms with van der Waals surface area (Å²) in [6, 6.07) is 23.6. The van der Waals surface area contributed by atoms with Gasteiger partial charge in [-0.1, -0.05) is 60.7 Å². The molecule has 1 heterocycles. The number of furan rings is 1. The van der Waals surface area contributed by atoms with Crippen molar-refractivity contribution in [2.45, 2.75) is 12.6 Å². The van der Waals surface area contributed by atoms with E-state index in [-0.39, 0.29) is 0 Å². The highest BCUT2D eigenvalue weighted by atomic mass is 16.3. The predicted octanol–water partition coefficient (Wildman–Crippen LogP) is 3.77. The molecule has 3 aromatic rings. The summed E-state index contributed by atoms with van der Waals surface area (Å²) in [5.74, 6) is 1.72. The monoisotopic (exact) mass is 293 g/mol. The van der Waals surface area contributed by atoms with Crippen molar-refractivity contribution in [1.29, 1.82) is 0 Å². The third-order valence-corrected chi connectivity index (χ3v) is 3.54. The van der Waals surface area contributed by atoms with Crippen LogP contribution in [0.5, 0.6) is 0 Å². The summed E-state index contributed by atoms with van der Waals surface area (Å²) in [7, 11) is 0. The van der Waals surface area contributed by atoms with Gasteiger partial charge in [-0.15, -0.1) is 0 Å². The zero-order valence-electron chi connectivity index (χ0n) is 12.3. The molecule has 0 aliphatic carbocycles. The molecule has 0 aliphatic heterocycles. The van der Waals surface area contributed by atoms with Crippen molar-refractivity contribution in [2.75, 3.05) is 6.54 Å². The van der Waals surface area contributed by atoms with Gasteiger partial charge in [0.05, 0.1) is 12.6 Å². The van der Waals surface area contributed by atoms with Gasteiger partial charge >= 0.3 is 0 Å². The molecule has 2 aromatic carbocycles. The Morgan fingerprint density at radius 2 is 1.55 bits per heavy atom. The maximum atomic E-state index is 10.1. The third kappa shape index (κ3) is 3.64. The first-order chi connectivity index (χ1) is 10.8. The van der Waals surface area contributed by atoms with Crippen molar-refractivity contribution >= 4 is 0 Å². The van der Waals surface area contributed by atoms with E-state index in [0.717, 1.165) is 22.6 Å². The Balaban J connectivity index is 1.53. The number of hydrogen-bond acceptors (Lipinski definition) is 3. The number of benzene rings is 2. The average molecular weight is 293 g/mol. The Bertz CT molecular complexity index is 692. The molecule has 0 radical (unpaired) electrons. The summed E-state index contributed by atoms with van der Waals surface area (Å²) >= 11 is 0. The second-order valence-electron chi connectivity index (χ2n) is 5.19. The molecule has 1 atom stereocenters. The summed E-state index contributed by atoms with van der Waals surface area (Å²) in [4.78, 5) is 0. The van der Waals surface area contributed by atoms with Crippen LogP contribution in [0.3, 0.4) is 0 Å². The highest BCUT2D eigenvalue weighted by molar-refractivity contribution is 5.57. The molecule has 0 fully saturated rings. The molecular formula is C19H19NO2. The van der Waals surface area contributed by atoms with Gasteiger partial charge in [-0.2, -0.15) is 0 Å². The predicted molar refractivity (Wildman–Crippen MR) is 87.3 cm³/mol. The molecule has 3 nitrogen and oxygen atoms in total. The van der Waals surface area contributed by atoms with E-state index in [4.69, 9.17) is 4.42 Å². The van der Waals surface area contributed by atoms with Crippen molar-refractivity contribution in [3.8, 4) is 11.3 Å². The van der Waals surface area contributed by atoms with E-state index in [0.29, 0.717) is 13.1 Å². The summed E-state index contributed by atoms with van der Waals surface area (Å²) < 4.78 is 5.81. The molecule has 22 heavy (non-hydrogen) atoms. The van der Waals surface area contributed by atoms with Crippen molar-refractivity contribution in [3.05, 3.63) is 84.1 Å². The van der Waals surface area contributed by atoms with E-state index >= 15 is 0 Å². The van der Waals surface area contributed by atoms with Gasteiger partial charge in [0.15, 0.2) is 0 Å². The van der Waals surface area contributed by atoms with E-state index in [2.05, 4.69) is 5.32 Å². The van der Waals surface area contributed by atoms with E-state index in [9.17, 15) is 5.11 Å². The quantitative estimate of drug-likeness (QED) is 0.727. The normalized spacial score (nSPS) is 12.2. The standard InChI is InChI=1S/C19H19NO2/c21-18(15-7-3-1-4-8-15)14-20-13-17-11-12-19(22-17)16-9-5-2-6-10-16/h1-12,18,20-21H,13-14H2. The van der Waals surface area contributed by atoms with Crippen LogP contribution in [0.1, 0.15) is 17.4 Å². The van der Waals surface area contributed by atoms with Gasteiger partial charge in [-0.05, 0) is 17.7 Å². The SMILES string of the molecule is OC(CNCc1ccc(-c2ccccc2)o1)c1ccccc1. The molecule has 0 amide bonds. The van der Waals surface area contributed by atoms with Crippen molar-refractivity contribution in [1.82, 2.24) is 5.32 Å². The highest BCUT2D eigenvalue weighted by Gasteiger charge is 2.08. The minimum atomic E-state index is -0.509. The lowest BCUT2D eigenvalue weighted by Crippen LogP contribution is -2.20. The topological polar surface area (TPSA) is 45.4 Å². The van der Waals surface area contributed by atoms with Crippen LogP contribution in [0.25, 0.3) is 11.3 Å². The number of aliphatic hydroxyl groups is 1. The zero-order valence-corrected chi connectivity index (χ0v) is 12.3. The van der Waals surface area contributed by atoms with Gasteiger partial charge in [0.2, 0.25) is 0 Å². The Kier molecular flexibility index (Phi) is 4.68. The minimum Gasteiger partial charge on any atom is -0.460 e. The average Bonchev–Trinajstić information content (AvgIpc) is 3.05.